The van der Waals surface area contributed by atoms with E-state index in [0.29, 0.717) is 5.92 Å². The lowest BCUT2D eigenvalue weighted by molar-refractivity contribution is -0.137. The molecule has 1 N–H and O–H groups in total. The molecule has 2 nitrogen and oxygen atoms in total. The van der Waals surface area contributed by atoms with Crippen LogP contribution in [0.1, 0.15) is 43.9 Å². The van der Waals surface area contributed by atoms with E-state index >= 15 is 0 Å². The first-order valence-electron chi connectivity index (χ1n) is 8.03. The number of nitrogens with one attached hydrogen (secondary N) is 1. The third kappa shape index (κ3) is 4.46. The van der Waals surface area contributed by atoms with Crippen molar-refractivity contribution in [2.24, 2.45) is 5.92 Å². The zero-order valence-corrected chi connectivity index (χ0v) is 13.3. The highest BCUT2D eigenvalue weighted by atomic mass is 19.4. The van der Waals surface area contributed by atoms with Crippen molar-refractivity contribution >= 4 is 0 Å². The van der Waals surface area contributed by atoms with Gasteiger partial charge >= 0.3 is 6.18 Å². The molecular formula is C17H25F3N2. The van der Waals surface area contributed by atoms with E-state index in [1.54, 1.807) is 6.07 Å². The SMILES string of the molecule is CCN(CC1CCCNC1)C(C)c1cccc(C(F)(F)F)c1. The molecule has 0 saturated carbocycles. The van der Waals surface area contributed by atoms with Crippen LogP contribution >= 0.6 is 0 Å². The van der Waals surface area contributed by atoms with Gasteiger partial charge in [-0.05, 0) is 63.0 Å². The summed E-state index contributed by atoms with van der Waals surface area (Å²) < 4.78 is 38.6. The van der Waals surface area contributed by atoms with Gasteiger partial charge in [0.1, 0.15) is 0 Å². The Morgan fingerprint density at radius 3 is 2.73 bits per heavy atom. The highest BCUT2D eigenvalue weighted by Crippen LogP contribution is 2.32. The monoisotopic (exact) mass is 314 g/mol. The maximum absolute atomic E-state index is 12.9. The Morgan fingerprint density at radius 2 is 2.14 bits per heavy atom. The van der Waals surface area contributed by atoms with E-state index in [4.69, 9.17) is 0 Å². The normalized spacial score (nSPS) is 21.1. The fourth-order valence-corrected chi connectivity index (χ4v) is 3.16. The van der Waals surface area contributed by atoms with Crippen molar-refractivity contribution in [1.82, 2.24) is 10.2 Å². The second kappa shape index (κ2) is 7.47. The summed E-state index contributed by atoms with van der Waals surface area (Å²) in [5.41, 5.74) is 0.174. The Balaban J connectivity index is 2.08. The smallest absolute Gasteiger partial charge is 0.316 e. The molecule has 2 rings (SSSR count). The molecule has 0 aliphatic carbocycles. The fraction of sp³-hybridized carbons (Fsp3) is 0.647. The van der Waals surface area contributed by atoms with Crippen molar-refractivity contribution in [3.63, 3.8) is 0 Å². The summed E-state index contributed by atoms with van der Waals surface area (Å²) in [6, 6.07) is 5.71. The third-order valence-electron chi connectivity index (χ3n) is 4.54. The van der Waals surface area contributed by atoms with Gasteiger partial charge in [0.2, 0.25) is 0 Å². The van der Waals surface area contributed by atoms with Crippen LogP contribution in [-0.4, -0.2) is 31.1 Å². The van der Waals surface area contributed by atoms with Gasteiger partial charge in [0, 0.05) is 12.6 Å². The van der Waals surface area contributed by atoms with Gasteiger partial charge in [-0.3, -0.25) is 4.90 Å². The molecule has 2 atom stereocenters. The summed E-state index contributed by atoms with van der Waals surface area (Å²) >= 11 is 0. The van der Waals surface area contributed by atoms with Gasteiger partial charge in [-0.1, -0.05) is 19.1 Å². The molecule has 1 aliphatic rings. The van der Waals surface area contributed by atoms with Crippen LogP contribution in [0.3, 0.4) is 0 Å². The number of benzene rings is 1. The zero-order chi connectivity index (χ0) is 16.2. The van der Waals surface area contributed by atoms with Gasteiger partial charge < -0.3 is 5.32 Å². The van der Waals surface area contributed by atoms with Crippen molar-refractivity contribution in [2.45, 2.75) is 38.9 Å². The molecule has 2 unspecified atom stereocenters. The van der Waals surface area contributed by atoms with Crippen LogP contribution in [0.5, 0.6) is 0 Å². The fourth-order valence-electron chi connectivity index (χ4n) is 3.16. The van der Waals surface area contributed by atoms with Crippen LogP contribution in [-0.2, 0) is 6.18 Å². The second-order valence-corrected chi connectivity index (χ2v) is 6.10. The van der Waals surface area contributed by atoms with Crippen molar-refractivity contribution in [2.75, 3.05) is 26.2 Å². The second-order valence-electron chi connectivity index (χ2n) is 6.10. The molecule has 124 valence electrons. The molecule has 1 aliphatic heterocycles. The molecule has 22 heavy (non-hydrogen) atoms. The molecule has 0 aromatic heterocycles. The minimum absolute atomic E-state index is 0.00535. The third-order valence-corrected chi connectivity index (χ3v) is 4.54. The first-order chi connectivity index (χ1) is 10.4. The molecule has 1 saturated heterocycles. The van der Waals surface area contributed by atoms with Crippen LogP contribution < -0.4 is 5.32 Å². The van der Waals surface area contributed by atoms with E-state index in [1.165, 1.54) is 25.0 Å². The highest BCUT2D eigenvalue weighted by molar-refractivity contribution is 5.27. The van der Waals surface area contributed by atoms with Crippen molar-refractivity contribution in [1.29, 1.82) is 0 Å². The summed E-state index contributed by atoms with van der Waals surface area (Å²) in [4.78, 5) is 2.27. The predicted octanol–water partition coefficient (Wildman–Crippen LogP) is 4.09. The molecule has 0 radical (unpaired) electrons. The predicted molar refractivity (Wildman–Crippen MR) is 82.7 cm³/mol. The quantitative estimate of drug-likeness (QED) is 0.880. The van der Waals surface area contributed by atoms with Gasteiger partial charge in [-0.2, -0.15) is 13.2 Å². The number of hydrogen-bond donors (Lipinski definition) is 1. The Bertz CT molecular complexity index is 467. The van der Waals surface area contributed by atoms with Crippen molar-refractivity contribution in [3.8, 4) is 0 Å². The lowest BCUT2D eigenvalue weighted by Gasteiger charge is -2.33. The van der Waals surface area contributed by atoms with Crippen LogP contribution in [0.4, 0.5) is 13.2 Å². The number of piperidine rings is 1. The Hall–Kier alpha value is -1.07. The minimum atomic E-state index is -4.28. The van der Waals surface area contributed by atoms with Crippen LogP contribution in [0.25, 0.3) is 0 Å². The number of nitrogens with zero attached hydrogens (tertiary/aromatic N) is 1. The zero-order valence-electron chi connectivity index (χ0n) is 13.3. The average Bonchev–Trinajstić information content (AvgIpc) is 2.52. The van der Waals surface area contributed by atoms with E-state index in [1.807, 2.05) is 6.92 Å². The largest absolute Gasteiger partial charge is 0.416 e. The first kappa shape index (κ1) is 17.3. The summed E-state index contributed by atoms with van der Waals surface area (Å²) in [7, 11) is 0. The van der Waals surface area contributed by atoms with E-state index in [-0.39, 0.29) is 6.04 Å². The van der Waals surface area contributed by atoms with Gasteiger partial charge in [0.15, 0.2) is 0 Å². The maximum Gasteiger partial charge on any atom is 0.416 e. The molecule has 0 bridgehead atoms. The van der Waals surface area contributed by atoms with Gasteiger partial charge in [0.05, 0.1) is 5.56 Å². The summed E-state index contributed by atoms with van der Waals surface area (Å²) in [6.07, 6.45) is -1.90. The summed E-state index contributed by atoms with van der Waals surface area (Å²) in [5.74, 6) is 0.585. The molecule has 1 heterocycles. The maximum atomic E-state index is 12.9. The van der Waals surface area contributed by atoms with Gasteiger partial charge in [-0.25, -0.2) is 0 Å². The highest BCUT2D eigenvalue weighted by Gasteiger charge is 2.31. The molecule has 5 heteroatoms. The Labute approximate surface area is 130 Å². The number of hydrogen-bond acceptors (Lipinski definition) is 2. The molecule has 1 fully saturated rings. The average molecular weight is 314 g/mol. The van der Waals surface area contributed by atoms with Crippen LogP contribution in [0.2, 0.25) is 0 Å². The molecule has 0 amide bonds. The lowest BCUT2D eigenvalue weighted by atomic mass is 9.97. The number of rotatable bonds is 5. The van der Waals surface area contributed by atoms with Crippen molar-refractivity contribution in [3.05, 3.63) is 35.4 Å². The van der Waals surface area contributed by atoms with E-state index in [9.17, 15) is 13.2 Å². The number of alkyl halides is 3. The van der Waals surface area contributed by atoms with E-state index in [0.717, 1.165) is 37.8 Å². The van der Waals surface area contributed by atoms with Gasteiger partial charge in [0.25, 0.3) is 0 Å². The molecular weight excluding hydrogens is 289 g/mol. The standard InChI is InChI=1S/C17H25F3N2/c1-3-22(12-14-6-5-9-21-11-14)13(2)15-7-4-8-16(10-15)17(18,19)20/h4,7-8,10,13-14,21H,3,5-6,9,11-12H2,1-2H3. The Kier molecular flexibility index (Phi) is 5.87. The van der Waals surface area contributed by atoms with Gasteiger partial charge in [-0.15, -0.1) is 0 Å². The van der Waals surface area contributed by atoms with E-state index < -0.39 is 11.7 Å². The van der Waals surface area contributed by atoms with Crippen molar-refractivity contribution < 1.29 is 13.2 Å². The summed E-state index contributed by atoms with van der Waals surface area (Å²) in [5, 5.41) is 3.40. The lowest BCUT2D eigenvalue weighted by Crippen LogP contribution is -2.39. The molecule has 0 spiro atoms. The Morgan fingerprint density at radius 1 is 1.36 bits per heavy atom. The van der Waals surface area contributed by atoms with Crippen LogP contribution in [0, 0.1) is 5.92 Å². The summed E-state index contributed by atoms with van der Waals surface area (Å²) in [6.45, 7) is 7.92. The minimum Gasteiger partial charge on any atom is -0.316 e. The van der Waals surface area contributed by atoms with Crippen LogP contribution in [0.15, 0.2) is 24.3 Å². The molecule has 1 aromatic rings. The topological polar surface area (TPSA) is 15.3 Å². The van der Waals surface area contributed by atoms with E-state index in [2.05, 4.69) is 17.1 Å². The number of halogens is 3. The molecule has 1 aromatic carbocycles. The first-order valence-corrected chi connectivity index (χ1v) is 8.03.